The number of carboxylic acid groups (broad SMARTS) is 1. The van der Waals surface area contributed by atoms with Crippen molar-refractivity contribution in [3.63, 3.8) is 0 Å². The number of aliphatic carboxylic acids is 1. The number of aromatic nitrogens is 2. The van der Waals surface area contributed by atoms with Gasteiger partial charge in [0.2, 0.25) is 11.6 Å². The summed E-state index contributed by atoms with van der Waals surface area (Å²) in [4.78, 5) is 29.2. The highest BCUT2D eigenvalue weighted by atomic mass is 16.5. The van der Waals surface area contributed by atoms with Crippen molar-refractivity contribution in [3.8, 4) is 40.1 Å². The summed E-state index contributed by atoms with van der Waals surface area (Å²) in [6.45, 7) is 6.25. The van der Waals surface area contributed by atoms with Crippen LogP contribution >= 0.6 is 0 Å². The SMILES string of the molecule is COc1cc(-c2nc(-c3ccc(CC(NC(=O)c4ccc(C(C)(C)C)cc4)C(=O)O)cc3)no2)cc(OC)c1OC. The van der Waals surface area contributed by atoms with Crippen LogP contribution in [0.3, 0.4) is 0 Å². The van der Waals surface area contributed by atoms with Crippen LogP contribution in [-0.4, -0.2) is 54.5 Å². The minimum atomic E-state index is -1.12. The Kier molecular flexibility index (Phi) is 8.61. The molecule has 1 atom stereocenters. The van der Waals surface area contributed by atoms with Crippen LogP contribution in [0, 0.1) is 0 Å². The molecule has 0 fully saturated rings. The van der Waals surface area contributed by atoms with Crippen LogP contribution in [-0.2, 0) is 16.6 Å². The van der Waals surface area contributed by atoms with Gasteiger partial charge in [-0.15, -0.1) is 0 Å². The van der Waals surface area contributed by atoms with E-state index in [0.717, 1.165) is 11.1 Å². The Labute approximate surface area is 238 Å². The third-order valence-electron chi connectivity index (χ3n) is 6.61. The van der Waals surface area contributed by atoms with Crippen molar-refractivity contribution >= 4 is 11.9 Å². The zero-order valence-corrected chi connectivity index (χ0v) is 23.8. The van der Waals surface area contributed by atoms with E-state index in [1.165, 1.54) is 21.3 Å². The summed E-state index contributed by atoms with van der Waals surface area (Å²) in [6, 6.07) is 16.6. The van der Waals surface area contributed by atoms with Crippen LogP contribution in [0.2, 0.25) is 0 Å². The van der Waals surface area contributed by atoms with Gasteiger partial charge in [0.1, 0.15) is 6.04 Å². The van der Waals surface area contributed by atoms with Crippen LogP contribution in [0.4, 0.5) is 0 Å². The van der Waals surface area contributed by atoms with E-state index in [0.29, 0.717) is 39.8 Å². The number of hydrogen-bond acceptors (Lipinski definition) is 8. The van der Waals surface area contributed by atoms with Gasteiger partial charge in [0, 0.05) is 23.1 Å². The lowest BCUT2D eigenvalue weighted by Crippen LogP contribution is -2.42. The molecule has 10 heteroatoms. The summed E-state index contributed by atoms with van der Waals surface area (Å²) in [7, 11) is 4.56. The average molecular weight is 560 g/mol. The standard InChI is InChI=1S/C31H33N3O7/c1-31(2,3)22-13-11-20(12-14-22)28(35)32-23(30(36)37)15-18-7-9-19(10-8-18)27-33-29(41-34-27)21-16-24(38-4)26(40-6)25(17-21)39-5/h7-14,16-17,23H,15H2,1-6H3,(H,32,35)(H,36,37). The number of methoxy groups -OCH3 is 3. The van der Waals surface area contributed by atoms with Crippen LogP contribution < -0.4 is 19.5 Å². The van der Waals surface area contributed by atoms with Crippen molar-refractivity contribution in [1.82, 2.24) is 15.5 Å². The number of ether oxygens (including phenoxy) is 3. The van der Waals surface area contributed by atoms with Gasteiger partial charge in [-0.3, -0.25) is 4.79 Å². The number of carboxylic acids is 1. The fourth-order valence-electron chi connectivity index (χ4n) is 4.25. The molecule has 0 saturated heterocycles. The Morgan fingerprint density at radius 3 is 2.02 bits per heavy atom. The molecule has 2 N–H and O–H groups in total. The maximum atomic E-state index is 12.8. The number of carbonyl (C=O) groups excluding carboxylic acids is 1. The van der Waals surface area contributed by atoms with Crippen LogP contribution in [0.1, 0.15) is 42.3 Å². The number of hydrogen-bond donors (Lipinski definition) is 2. The summed E-state index contributed by atoms with van der Waals surface area (Å²) in [5, 5.41) is 16.5. The Morgan fingerprint density at radius 2 is 1.51 bits per heavy atom. The van der Waals surface area contributed by atoms with Crippen molar-refractivity contribution in [2.75, 3.05) is 21.3 Å². The highest BCUT2D eigenvalue weighted by Gasteiger charge is 2.23. The highest BCUT2D eigenvalue weighted by molar-refractivity contribution is 5.96. The number of amides is 1. The number of nitrogens with zero attached hydrogens (tertiary/aromatic N) is 2. The molecule has 1 unspecified atom stereocenters. The Balaban J connectivity index is 1.47. The van der Waals surface area contributed by atoms with E-state index in [1.54, 1.807) is 48.5 Å². The van der Waals surface area contributed by atoms with Gasteiger partial charge in [-0.25, -0.2) is 4.79 Å². The molecule has 0 spiro atoms. The predicted octanol–water partition coefficient (Wildman–Crippen LogP) is 5.15. The summed E-state index contributed by atoms with van der Waals surface area (Å²) >= 11 is 0. The fraction of sp³-hybridized carbons (Fsp3) is 0.290. The van der Waals surface area contributed by atoms with E-state index >= 15 is 0 Å². The molecule has 3 aromatic carbocycles. The molecule has 0 aliphatic heterocycles. The second kappa shape index (κ2) is 12.1. The van der Waals surface area contributed by atoms with Crippen molar-refractivity contribution in [2.24, 2.45) is 0 Å². The van der Waals surface area contributed by atoms with E-state index < -0.39 is 17.9 Å². The molecule has 0 aliphatic carbocycles. The molecular formula is C31H33N3O7. The largest absolute Gasteiger partial charge is 0.493 e. The van der Waals surface area contributed by atoms with E-state index in [-0.39, 0.29) is 17.7 Å². The highest BCUT2D eigenvalue weighted by Crippen LogP contribution is 2.41. The second-order valence-corrected chi connectivity index (χ2v) is 10.4. The van der Waals surface area contributed by atoms with E-state index in [4.69, 9.17) is 18.7 Å². The lowest BCUT2D eigenvalue weighted by atomic mass is 9.86. The summed E-state index contributed by atoms with van der Waals surface area (Å²) in [5.74, 6) is 0.390. The van der Waals surface area contributed by atoms with Crippen molar-refractivity contribution in [3.05, 3.63) is 77.4 Å². The molecule has 0 bridgehead atoms. The second-order valence-electron chi connectivity index (χ2n) is 10.4. The maximum Gasteiger partial charge on any atom is 0.326 e. The smallest absolute Gasteiger partial charge is 0.326 e. The van der Waals surface area contributed by atoms with Gasteiger partial charge < -0.3 is 29.2 Å². The average Bonchev–Trinajstić information content (AvgIpc) is 3.46. The third-order valence-corrected chi connectivity index (χ3v) is 6.61. The molecule has 0 saturated carbocycles. The summed E-state index contributed by atoms with van der Waals surface area (Å²) in [5.41, 5.74) is 3.41. The number of nitrogens with one attached hydrogen (secondary N) is 1. The van der Waals surface area contributed by atoms with Crippen LogP contribution in [0.25, 0.3) is 22.8 Å². The van der Waals surface area contributed by atoms with Crippen LogP contribution in [0.5, 0.6) is 17.2 Å². The number of rotatable bonds is 10. The minimum Gasteiger partial charge on any atom is -0.493 e. The first-order chi connectivity index (χ1) is 19.5. The summed E-state index contributed by atoms with van der Waals surface area (Å²) in [6.07, 6.45) is 0.102. The molecule has 41 heavy (non-hydrogen) atoms. The lowest BCUT2D eigenvalue weighted by Gasteiger charge is -2.19. The molecule has 214 valence electrons. The third kappa shape index (κ3) is 6.66. The summed E-state index contributed by atoms with van der Waals surface area (Å²) < 4.78 is 21.6. The molecule has 4 aromatic rings. The minimum absolute atomic E-state index is 0.0510. The number of carbonyl (C=O) groups is 2. The molecule has 10 nitrogen and oxygen atoms in total. The van der Waals surface area contributed by atoms with Gasteiger partial charge >= 0.3 is 5.97 Å². The maximum absolute atomic E-state index is 12.8. The zero-order valence-electron chi connectivity index (χ0n) is 23.8. The molecule has 1 amide bonds. The van der Waals surface area contributed by atoms with Gasteiger partial charge in [-0.2, -0.15) is 4.98 Å². The Bertz CT molecular complexity index is 1500. The molecule has 0 aliphatic rings. The first kappa shape index (κ1) is 29.1. The van der Waals surface area contributed by atoms with Crippen LogP contribution in [0.15, 0.2) is 65.2 Å². The van der Waals surface area contributed by atoms with Gasteiger partial charge in [-0.1, -0.05) is 62.3 Å². The lowest BCUT2D eigenvalue weighted by molar-refractivity contribution is -0.139. The van der Waals surface area contributed by atoms with Crippen molar-refractivity contribution in [1.29, 1.82) is 0 Å². The molecule has 4 rings (SSSR count). The first-order valence-corrected chi connectivity index (χ1v) is 12.9. The zero-order chi connectivity index (χ0) is 29.7. The van der Waals surface area contributed by atoms with Gasteiger partial charge in [0.25, 0.3) is 11.8 Å². The Morgan fingerprint density at radius 1 is 0.902 bits per heavy atom. The van der Waals surface area contributed by atoms with Crippen molar-refractivity contribution < 1.29 is 33.4 Å². The van der Waals surface area contributed by atoms with Gasteiger partial charge in [-0.05, 0) is 40.8 Å². The van der Waals surface area contributed by atoms with Gasteiger partial charge in [0.15, 0.2) is 11.5 Å². The van der Waals surface area contributed by atoms with E-state index in [9.17, 15) is 14.7 Å². The van der Waals surface area contributed by atoms with E-state index in [1.807, 2.05) is 12.1 Å². The molecule has 1 aromatic heterocycles. The van der Waals surface area contributed by atoms with Gasteiger partial charge in [0.05, 0.1) is 21.3 Å². The first-order valence-electron chi connectivity index (χ1n) is 12.9. The Hall–Kier alpha value is -4.86. The van der Waals surface area contributed by atoms with E-state index in [2.05, 4.69) is 36.2 Å². The topological polar surface area (TPSA) is 133 Å². The fourth-order valence-corrected chi connectivity index (χ4v) is 4.25. The molecule has 1 heterocycles. The number of benzene rings is 3. The monoisotopic (exact) mass is 559 g/mol. The van der Waals surface area contributed by atoms with Crippen molar-refractivity contribution in [2.45, 2.75) is 38.6 Å². The normalized spacial score (nSPS) is 12.0. The predicted molar refractivity (Wildman–Crippen MR) is 153 cm³/mol. The molecular weight excluding hydrogens is 526 g/mol. The quantitative estimate of drug-likeness (QED) is 0.270. The molecule has 0 radical (unpaired) electrons.